The number of ether oxygens (including phenoxy) is 1. The number of hydrogen-bond acceptors (Lipinski definition) is 3. The minimum absolute atomic E-state index is 0.0754. The first-order valence-corrected chi connectivity index (χ1v) is 8.32. The summed E-state index contributed by atoms with van der Waals surface area (Å²) in [6, 6.07) is 6.83. The van der Waals surface area contributed by atoms with Gasteiger partial charge >= 0.3 is 5.97 Å². The molecule has 126 valence electrons. The summed E-state index contributed by atoms with van der Waals surface area (Å²) in [5.74, 6) is -0.147. The van der Waals surface area contributed by atoms with E-state index in [-0.39, 0.29) is 11.5 Å². The third-order valence-electron chi connectivity index (χ3n) is 4.27. The van der Waals surface area contributed by atoms with Crippen molar-refractivity contribution >= 4 is 11.9 Å². The van der Waals surface area contributed by atoms with Gasteiger partial charge in [-0.1, -0.05) is 12.1 Å². The van der Waals surface area contributed by atoms with Gasteiger partial charge < -0.3 is 15.2 Å². The first-order chi connectivity index (χ1) is 11.1. The molecule has 2 N–H and O–H groups in total. The SMILES string of the molecule is O=C(CCCC1CCOCC1)NCCc1cccc(C(=O)O)c1. The van der Waals surface area contributed by atoms with Crippen molar-refractivity contribution in [2.24, 2.45) is 5.92 Å². The molecule has 0 radical (unpaired) electrons. The third kappa shape index (κ3) is 6.40. The van der Waals surface area contributed by atoms with Crippen molar-refractivity contribution in [3.63, 3.8) is 0 Å². The van der Waals surface area contributed by atoms with Crippen LogP contribution in [0.3, 0.4) is 0 Å². The molecule has 0 aromatic heterocycles. The van der Waals surface area contributed by atoms with Gasteiger partial charge in [0, 0.05) is 26.2 Å². The Hall–Kier alpha value is -1.88. The van der Waals surface area contributed by atoms with Gasteiger partial charge in [0.05, 0.1) is 5.56 Å². The lowest BCUT2D eigenvalue weighted by atomic mass is 9.94. The molecular formula is C18H25NO4. The van der Waals surface area contributed by atoms with Crippen molar-refractivity contribution in [1.29, 1.82) is 0 Å². The van der Waals surface area contributed by atoms with Crippen LogP contribution in [0.5, 0.6) is 0 Å². The molecule has 2 rings (SSSR count). The maximum absolute atomic E-state index is 11.8. The van der Waals surface area contributed by atoms with Crippen LogP contribution >= 0.6 is 0 Å². The minimum Gasteiger partial charge on any atom is -0.478 e. The van der Waals surface area contributed by atoms with Crippen LogP contribution in [0.4, 0.5) is 0 Å². The topological polar surface area (TPSA) is 75.6 Å². The van der Waals surface area contributed by atoms with E-state index in [1.807, 2.05) is 6.07 Å². The highest BCUT2D eigenvalue weighted by Crippen LogP contribution is 2.20. The predicted molar refractivity (Wildman–Crippen MR) is 87.5 cm³/mol. The zero-order valence-electron chi connectivity index (χ0n) is 13.4. The Bertz CT molecular complexity index is 524. The van der Waals surface area contributed by atoms with E-state index in [0.29, 0.717) is 25.3 Å². The number of amides is 1. The van der Waals surface area contributed by atoms with Gasteiger partial charge in [0.25, 0.3) is 0 Å². The van der Waals surface area contributed by atoms with E-state index < -0.39 is 5.97 Å². The predicted octanol–water partition coefficient (Wildman–Crippen LogP) is 2.64. The Morgan fingerprint density at radius 1 is 1.26 bits per heavy atom. The van der Waals surface area contributed by atoms with E-state index in [9.17, 15) is 9.59 Å². The molecule has 1 aromatic rings. The number of carbonyl (C=O) groups is 2. The lowest BCUT2D eigenvalue weighted by Crippen LogP contribution is -2.25. The van der Waals surface area contributed by atoms with Crippen molar-refractivity contribution in [3.8, 4) is 0 Å². The molecule has 1 amide bonds. The monoisotopic (exact) mass is 319 g/mol. The Kier molecular flexibility index (Phi) is 7.07. The average molecular weight is 319 g/mol. The van der Waals surface area contributed by atoms with E-state index in [1.165, 1.54) is 0 Å². The van der Waals surface area contributed by atoms with Crippen molar-refractivity contribution < 1.29 is 19.4 Å². The van der Waals surface area contributed by atoms with Crippen LogP contribution in [0.2, 0.25) is 0 Å². The highest BCUT2D eigenvalue weighted by Gasteiger charge is 2.13. The number of nitrogens with one attached hydrogen (secondary N) is 1. The largest absolute Gasteiger partial charge is 0.478 e. The summed E-state index contributed by atoms with van der Waals surface area (Å²) in [6.45, 7) is 2.25. The van der Waals surface area contributed by atoms with Crippen molar-refractivity contribution in [1.82, 2.24) is 5.32 Å². The smallest absolute Gasteiger partial charge is 0.335 e. The van der Waals surface area contributed by atoms with Crippen molar-refractivity contribution in [2.45, 2.75) is 38.5 Å². The molecule has 1 aliphatic heterocycles. The Morgan fingerprint density at radius 3 is 2.78 bits per heavy atom. The standard InChI is InChI=1S/C18H25NO4/c20-17(6-2-3-14-8-11-23-12-9-14)19-10-7-15-4-1-5-16(13-15)18(21)22/h1,4-5,13-14H,2-3,6-12H2,(H,19,20)(H,21,22). The fourth-order valence-electron chi connectivity index (χ4n) is 2.88. The van der Waals surface area contributed by atoms with Crippen molar-refractivity contribution in [2.75, 3.05) is 19.8 Å². The molecule has 0 saturated carbocycles. The maximum atomic E-state index is 11.8. The summed E-state index contributed by atoms with van der Waals surface area (Å²) in [6.07, 6.45) is 5.45. The highest BCUT2D eigenvalue weighted by atomic mass is 16.5. The first kappa shape index (κ1) is 17.5. The molecule has 0 atom stereocenters. The van der Waals surface area contributed by atoms with Gasteiger partial charge in [-0.2, -0.15) is 0 Å². The second-order valence-corrected chi connectivity index (χ2v) is 6.05. The van der Waals surface area contributed by atoms with Crippen LogP contribution in [0.15, 0.2) is 24.3 Å². The molecule has 0 spiro atoms. The van der Waals surface area contributed by atoms with Crippen LogP contribution in [0.25, 0.3) is 0 Å². The number of carbonyl (C=O) groups excluding carboxylic acids is 1. The number of carboxylic acids is 1. The summed E-state index contributed by atoms with van der Waals surface area (Å²) in [7, 11) is 0. The van der Waals surface area contributed by atoms with Gasteiger partial charge in [-0.3, -0.25) is 4.79 Å². The Labute approximate surface area is 137 Å². The molecule has 23 heavy (non-hydrogen) atoms. The van der Waals surface area contributed by atoms with Crippen LogP contribution in [-0.4, -0.2) is 36.7 Å². The van der Waals surface area contributed by atoms with E-state index in [1.54, 1.807) is 18.2 Å². The molecule has 1 heterocycles. The molecule has 0 unspecified atom stereocenters. The van der Waals surface area contributed by atoms with Gasteiger partial charge in [0.2, 0.25) is 5.91 Å². The zero-order valence-corrected chi connectivity index (χ0v) is 13.4. The minimum atomic E-state index is -0.927. The molecule has 5 nitrogen and oxygen atoms in total. The first-order valence-electron chi connectivity index (χ1n) is 8.32. The van der Waals surface area contributed by atoms with Gasteiger partial charge in [0.15, 0.2) is 0 Å². The van der Waals surface area contributed by atoms with Crippen LogP contribution in [-0.2, 0) is 16.0 Å². The molecule has 1 aromatic carbocycles. The van der Waals surface area contributed by atoms with E-state index >= 15 is 0 Å². The lowest BCUT2D eigenvalue weighted by Gasteiger charge is -2.21. The average Bonchev–Trinajstić information content (AvgIpc) is 2.56. The van der Waals surface area contributed by atoms with Gasteiger partial charge in [-0.05, 0) is 55.7 Å². The molecule has 0 aliphatic carbocycles. The van der Waals surface area contributed by atoms with E-state index in [0.717, 1.165) is 44.5 Å². The Balaban J connectivity index is 1.60. The van der Waals surface area contributed by atoms with Gasteiger partial charge in [-0.25, -0.2) is 4.79 Å². The third-order valence-corrected chi connectivity index (χ3v) is 4.27. The van der Waals surface area contributed by atoms with Gasteiger partial charge in [-0.15, -0.1) is 0 Å². The van der Waals surface area contributed by atoms with Crippen LogP contribution in [0, 0.1) is 5.92 Å². The molecular weight excluding hydrogens is 294 g/mol. The van der Waals surface area contributed by atoms with Gasteiger partial charge in [0.1, 0.15) is 0 Å². The highest BCUT2D eigenvalue weighted by molar-refractivity contribution is 5.87. The molecule has 1 fully saturated rings. The summed E-state index contributed by atoms with van der Waals surface area (Å²) < 4.78 is 5.33. The summed E-state index contributed by atoms with van der Waals surface area (Å²) in [5.41, 5.74) is 1.21. The number of carboxylic acid groups (broad SMARTS) is 1. The van der Waals surface area contributed by atoms with E-state index in [2.05, 4.69) is 5.32 Å². The lowest BCUT2D eigenvalue weighted by molar-refractivity contribution is -0.121. The normalized spacial score (nSPS) is 15.3. The summed E-state index contributed by atoms with van der Waals surface area (Å²) >= 11 is 0. The number of aromatic carboxylic acids is 1. The zero-order chi connectivity index (χ0) is 16.5. The fraction of sp³-hybridized carbons (Fsp3) is 0.556. The van der Waals surface area contributed by atoms with E-state index in [4.69, 9.17) is 9.84 Å². The summed E-state index contributed by atoms with van der Waals surface area (Å²) in [4.78, 5) is 22.7. The molecule has 5 heteroatoms. The number of hydrogen-bond donors (Lipinski definition) is 2. The maximum Gasteiger partial charge on any atom is 0.335 e. The molecule has 0 bridgehead atoms. The summed E-state index contributed by atoms with van der Waals surface area (Å²) in [5, 5.41) is 11.9. The Morgan fingerprint density at radius 2 is 2.04 bits per heavy atom. The van der Waals surface area contributed by atoms with Crippen LogP contribution < -0.4 is 5.32 Å². The van der Waals surface area contributed by atoms with Crippen LogP contribution in [0.1, 0.15) is 48.0 Å². The number of rotatable bonds is 8. The quantitative estimate of drug-likeness (QED) is 0.772. The molecule has 1 aliphatic rings. The second-order valence-electron chi connectivity index (χ2n) is 6.05. The fourth-order valence-corrected chi connectivity index (χ4v) is 2.88. The number of benzene rings is 1. The molecule has 1 saturated heterocycles. The van der Waals surface area contributed by atoms with Crippen molar-refractivity contribution in [3.05, 3.63) is 35.4 Å². The second kappa shape index (κ2) is 9.30.